The molecule has 0 radical (unpaired) electrons. The normalized spacial score (nSPS) is 15.1. The van der Waals surface area contributed by atoms with Gasteiger partial charge in [0, 0.05) is 19.2 Å². The van der Waals surface area contributed by atoms with Crippen molar-refractivity contribution in [1.29, 1.82) is 5.26 Å². The smallest absolute Gasteiger partial charge is 0.246 e. The Morgan fingerprint density at radius 1 is 1.38 bits per heavy atom. The number of rotatable bonds is 7. The van der Waals surface area contributed by atoms with Gasteiger partial charge in [-0.25, -0.2) is 12.8 Å². The molecule has 1 aromatic rings. The fourth-order valence-electron chi connectivity index (χ4n) is 2.15. The van der Waals surface area contributed by atoms with Gasteiger partial charge >= 0.3 is 0 Å². The van der Waals surface area contributed by atoms with Gasteiger partial charge in [0.05, 0.1) is 11.6 Å². The van der Waals surface area contributed by atoms with Crippen molar-refractivity contribution in [3.8, 4) is 6.07 Å². The summed E-state index contributed by atoms with van der Waals surface area (Å²) in [7, 11) is -3.91. The maximum Gasteiger partial charge on any atom is 0.246 e. The number of benzene rings is 1. The van der Waals surface area contributed by atoms with Crippen LogP contribution in [0.15, 0.2) is 23.1 Å². The van der Waals surface area contributed by atoms with Crippen LogP contribution in [-0.4, -0.2) is 37.0 Å². The summed E-state index contributed by atoms with van der Waals surface area (Å²) in [5.74, 6) is -0.901. The van der Waals surface area contributed by atoms with Crippen molar-refractivity contribution >= 4 is 10.0 Å². The first-order valence-electron chi connectivity index (χ1n) is 6.83. The molecule has 1 saturated carbocycles. The molecule has 0 atom stereocenters. The lowest BCUT2D eigenvalue weighted by atomic mass is 10.2. The summed E-state index contributed by atoms with van der Waals surface area (Å²) in [6, 6.07) is 5.08. The molecule has 0 spiro atoms. The predicted molar refractivity (Wildman–Crippen MR) is 74.3 cm³/mol. The molecule has 0 aromatic heterocycles. The number of hydrogen-bond acceptors (Lipinski definition) is 4. The second-order valence-corrected chi connectivity index (χ2v) is 6.89. The third-order valence-electron chi connectivity index (χ3n) is 3.39. The zero-order valence-corrected chi connectivity index (χ0v) is 12.3. The second-order valence-electron chi connectivity index (χ2n) is 5.03. The Morgan fingerprint density at radius 3 is 2.62 bits per heavy atom. The van der Waals surface area contributed by atoms with Crippen LogP contribution in [0.1, 0.15) is 31.2 Å². The number of halogens is 1. The van der Waals surface area contributed by atoms with E-state index in [-0.39, 0.29) is 24.8 Å². The largest absolute Gasteiger partial charge is 0.396 e. The van der Waals surface area contributed by atoms with E-state index in [9.17, 15) is 12.8 Å². The third-order valence-corrected chi connectivity index (χ3v) is 5.37. The number of aliphatic hydroxyl groups excluding tert-OH is 1. The number of nitriles is 1. The van der Waals surface area contributed by atoms with E-state index in [1.807, 2.05) is 0 Å². The van der Waals surface area contributed by atoms with Gasteiger partial charge in [0.15, 0.2) is 0 Å². The summed E-state index contributed by atoms with van der Waals surface area (Å²) in [4.78, 5) is -0.391. The average Bonchev–Trinajstić information content (AvgIpc) is 3.27. The molecule has 0 bridgehead atoms. The highest BCUT2D eigenvalue weighted by atomic mass is 32.2. The third kappa shape index (κ3) is 3.59. The van der Waals surface area contributed by atoms with Gasteiger partial charge in [0.2, 0.25) is 10.0 Å². The Balaban J connectivity index is 2.28. The first-order valence-corrected chi connectivity index (χ1v) is 8.27. The molecule has 0 unspecified atom stereocenters. The van der Waals surface area contributed by atoms with E-state index in [1.165, 1.54) is 10.4 Å². The molecule has 21 heavy (non-hydrogen) atoms. The Morgan fingerprint density at radius 2 is 2.10 bits per heavy atom. The summed E-state index contributed by atoms with van der Waals surface area (Å²) in [5, 5.41) is 17.5. The number of nitrogens with zero attached hydrogens (tertiary/aromatic N) is 2. The molecule has 0 heterocycles. The minimum atomic E-state index is -3.91. The first-order chi connectivity index (χ1) is 10.0. The molecule has 0 saturated heterocycles. The van der Waals surface area contributed by atoms with E-state index in [0.717, 1.165) is 25.0 Å². The predicted octanol–water partition coefficient (Wildman–Crippen LogP) is 1.62. The average molecular weight is 312 g/mol. The minimum absolute atomic E-state index is 0.00375. The van der Waals surface area contributed by atoms with Crippen LogP contribution in [0.3, 0.4) is 0 Å². The number of hydrogen-bond donors (Lipinski definition) is 1. The molecule has 0 amide bonds. The molecule has 1 aliphatic carbocycles. The quantitative estimate of drug-likeness (QED) is 0.776. The van der Waals surface area contributed by atoms with Crippen LogP contribution in [0.5, 0.6) is 0 Å². The fraction of sp³-hybridized carbons (Fsp3) is 0.500. The lowest BCUT2D eigenvalue weighted by molar-refractivity contribution is 0.275. The van der Waals surface area contributed by atoms with Crippen LogP contribution in [-0.2, 0) is 10.0 Å². The zero-order chi connectivity index (χ0) is 15.5. The SMILES string of the molecule is N#Cc1ccc(S(=O)(=O)N(CCCCO)C2CC2)c(F)c1. The van der Waals surface area contributed by atoms with Crippen LogP contribution in [0.4, 0.5) is 4.39 Å². The van der Waals surface area contributed by atoms with Crippen molar-refractivity contribution in [2.75, 3.05) is 13.2 Å². The molecule has 0 aliphatic heterocycles. The van der Waals surface area contributed by atoms with Gasteiger partial charge < -0.3 is 5.11 Å². The fourth-order valence-corrected chi connectivity index (χ4v) is 3.92. The van der Waals surface area contributed by atoms with Crippen LogP contribution in [0.2, 0.25) is 0 Å². The molecule has 2 rings (SSSR count). The van der Waals surface area contributed by atoms with E-state index < -0.39 is 20.7 Å². The van der Waals surface area contributed by atoms with Gasteiger partial charge in [0.1, 0.15) is 10.7 Å². The minimum Gasteiger partial charge on any atom is -0.396 e. The lowest BCUT2D eigenvalue weighted by Crippen LogP contribution is -2.34. The van der Waals surface area contributed by atoms with E-state index >= 15 is 0 Å². The van der Waals surface area contributed by atoms with Crippen LogP contribution >= 0.6 is 0 Å². The van der Waals surface area contributed by atoms with Gasteiger partial charge in [-0.1, -0.05) is 0 Å². The molecule has 114 valence electrons. The topological polar surface area (TPSA) is 81.4 Å². The summed E-state index contributed by atoms with van der Waals surface area (Å²) in [6.07, 6.45) is 2.59. The van der Waals surface area contributed by atoms with E-state index in [4.69, 9.17) is 10.4 Å². The second kappa shape index (κ2) is 6.52. The molecule has 1 N–H and O–H groups in total. The highest BCUT2D eigenvalue weighted by Gasteiger charge is 2.38. The van der Waals surface area contributed by atoms with E-state index in [1.54, 1.807) is 6.07 Å². The van der Waals surface area contributed by atoms with Crippen molar-refractivity contribution in [3.05, 3.63) is 29.6 Å². The maximum absolute atomic E-state index is 14.0. The van der Waals surface area contributed by atoms with Gasteiger partial charge in [-0.15, -0.1) is 0 Å². The number of sulfonamides is 1. The van der Waals surface area contributed by atoms with Gasteiger partial charge in [-0.3, -0.25) is 0 Å². The molecule has 7 heteroatoms. The van der Waals surface area contributed by atoms with Crippen LogP contribution in [0.25, 0.3) is 0 Å². The van der Waals surface area contributed by atoms with Crippen molar-refractivity contribution in [3.63, 3.8) is 0 Å². The molecule has 1 aliphatic rings. The van der Waals surface area contributed by atoms with Crippen molar-refractivity contribution < 1.29 is 17.9 Å². The standard InChI is InChI=1S/C14H17FN2O3S/c15-13-9-11(10-16)3-6-14(13)21(19,20)17(12-4-5-12)7-1-2-8-18/h3,6,9,12,18H,1-2,4-5,7-8H2. The summed E-state index contributed by atoms with van der Waals surface area (Å²) in [5.41, 5.74) is 0.0877. The monoisotopic (exact) mass is 312 g/mol. The number of unbranched alkanes of at least 4 members (excludes halogenated alkanes) is 1. The Labute approximate surface area is 123 Å². The van der Waals surface area contributed by atoms with E-state index in [2.05, 4.69) is 0 Å². The summed E-state index contributed by atoms with van der Waals surface area (Å²) >= 11 is 0. The molecule has 1 aromatic carbocycles. The van der Waals surface area contributed by atoms with Crippen molar-refractivity contribution in [1.82, 2.24) is 4.31 Å². The van der Waals surface area contributed by atoms with Crippen molar-refractivity contribution in [2.45, 2.75) is 36.6 Å². The highest BCUT2D eigenvalue weighted by Crippen LogP contribution is 2.33. The Bertz CT molecular complexity index is 651. The van der Waals surface area contributed by atoms with Crippen molar-refractivity contribution in [2.24, 2.45) is 0 Å². The molecular weight excluding hydrogens is 295 g/mol. The van der Waals surface area contributed by atoms with Crippen LogP contribution in [0, 0.1) is 17.1 Å². The lowest BCUT2D eigenvalue weighted by Gasteiger charge is -2.22. The molecule has 1 fully saturated rings. The zero-order valence-electron chi connectivity index (χ0n) is 11.5. The highest BCUT2D eigenvalue weighted by molar-refractivity contribution is 7.89. The van der Waals surface area contributed by atoms with Gasteiger partial charge in [0.25, 0.3) is 0 Å². The van der Waals surface area contributed by atoms with Gasteiger partial charge in [-0.2, -0.15) is 9.57 Å². The number of aliphatic hydroxyl groups is 1. The van der Waals surface area contributed by atoms with Crippen LogP contribution < -0.4 is 0 Å². The summed E-state index contributed by atoms with van der Waals surface area (Å²) < 4.78 is 40.4. The first kappa shape index (κ1) is 15.9. The Kier molecular flexibility index (Phi) is 4.93. The maximum atomic E-state index is 14.0. The van der Waals surface area contributed by atoms with E-state index in [0.29, 0.717) is 12.8 Å². The molecule has 5 nitrogen and oxygen atoms in total. The van der Waals surface area contributed by atoms with Gasteiger partial charge in [-0.05, 0) is 43.9 Å². The Hall–Kier alpha value is -1.49. The summed E-state index contributed by atoms with van der Waals surface area (Å²) in [6.45, 7) is 0.275. The molecular formula is C14H17FN2O3S.